The van der Waals surface area contributed by atoms with Gasteiger partial charge in [-0.25, -0.2) is 9.13 Å². The molecule has 0 aromatic carbocycles. The lowest BCUT2D eigenvalue weighted by Crippen LogP contribution is -2.30. The van der Waals surface area contributed by atoms with Gasteiger partial charge in [0.05, 0.1) is 26.4 Å². The third kappa shape index (κ3) is 80.5. The first kappa shape index (κ1) is 105. The number of hydrogen-bond donors (Lipinski definition) is 3. The number of esters is 4. The van der Waals surface area contributed by atoms with Crippen LogP contribution in [0.25, 0.3) is 0 Å². The minimum atomic E-state index is -4.97. The van der Waals surface area contributed by atoms with E-state index in [4.69, 9.17) is 37.0 Å². The van der Waals surface area contributed by atoms with Crippen LogP contribution in [-0.4, -0.2) is 96.7 Å². The van der Waals surface area contributed by atoms with E-state index >= 15 is 0 Å². The van der Waals surface area contributed by atoms with Crippen LogP contribution in [0, 0.1) is 23.7 Å². The van der Waals surface area contributed by atoms with Gasteiger partial charge in [-0.2, -0.15) is 0 Å². The van der Waals surface area contributed by atoms with Gasteiger partial charge >= 0.3 is 39.5 Å². The molecule has 6 atom stereocenters. The van der Waals surface area contributed by atoms with Crippen LogP contribution in [0.4, 0.5) is 0 Å². The third-order valence-electron chi connectivity index (χ3n) is 20.9. The molecule has 636 valence electrons. The second-order valence-corrected chi connectivity index (χ2v) is 36.2. The first-order valence-corrected chi connectivity index (χ1v) is 48.2. The van der Waals surface area contributed by atoms with E-state index in [1.807, 2.05) is 0 Å². The van der Waals surface area contributed by atoms with Crippen LogP contribution in [0.2, 0.25) is 0 Å². The molecular weight excluding hydrogens is 1390 g/mol. The molecule has 0 amide bonds. The number of carbonyl (C=O) groups is 4. The van der Waals surface area contributed by atoms with Gasteiger partial charge in [-0.3, -0.25) is 37.3 Å². The van der Waals surface area contributed by atoms with Gasteiger partial charge in [-0.05, 0) is 49.4 Å². The molecule has 0 aliphatic heterocycles. The molecule has 0 rings (SSSR count). The van der Waals surface area contributed by atoms with E-state index in [0.29, 0.717) is 31.6 Å². The standard InChI is InChI=1S/C88H172O17P2/c1-9-81(8)67-59-51-43-35-29-23-17-12-10-11-13-18-24-30-36-44-52-60-68-85(90)98-74-83(104-87(92)71-63-55-46-38-32-26-20-22-28-34-41-49-57-65-79(4)5)76-102-106(94,95)100-72-82(89)73-101-107(96,97)103-77-84(75-99-86(91)69-61-53-47-39-42-50-58-66-80(6)7)105-88(93)70-62-54-45-37-31-25-19-15-14-16-21-27-33-40-48-56-64-78(2)3/h78-84,89H,9-77H2,1-8H3,(H,94,95)(H,96,97)/t81?,82?,83-,84-/m1/s1. The lowest BCUT2D eigenvalue weighted by molar-refractivity contribution is -0.161. The Morgan fingerprint density at radius 3 is 0.664 bits per heavy atom. The number of aliphatic hydroxyl groups is 1. The van der Waals surface area contributed by atoms with Crippen LogP contribution in [0.3, 0.4) is 0 Å². The SMILES string of the molecule is CCC(C)CCCCCCCCCCCCCCCCCCCCC(=O)OC[C@H](COP(=O)(O)OCC(O)COP(=O)(O)OC[C@@H](COC(=O)CCCCCCCCCC(C)C)OC(=O)CCCCCCCCCCCCCCCCCCC(C)C)OC(=O)CCCCCCCCCCCCCCCC(C)C. The molecule has 0 aromatic heterocycles. The Balaban J connectivity index is 5.20. The molecule has 0 heterocycles. The third-order valence-corrected chi connectivity index (χ3v) is 22.8. The monoisotopic (exact) mass is 1560 g/mol. The van der Waals surface area contributed by atoms with Crippen LogP contribution < -0.4 is 0 Å². The number of carbonyl (C=O) groups excluding carboxylic acids is 4. The minimum Gasteiger partial charge on any atom is -0.462 e. The van der Waals surface area contributed by atoms with Gasteiger partial charge in [0.1, 0.15) is 19.3 Å². The highest BCUT2D eigenvalue weighted by Crippen LogP contribution is 2.45. The first-order chi connectivity index (χ1) is 51.6. The number of unbranched alkanes of at least 4 members (excludes halogenated alkanes) is 50. The summed E-state index contributed by atoms with van der Waals surface area (Å²) >= 11 is 0. The number of phosphoric ester groups is 2. The molecule has 19 heteroatoms. The molecule has 0 aliphatic carbocycles. The Hall–Kier alpha value is -1.94. The lowest BCUT2D eigenvalue weighted by atomic mass is 9.99. The van der Waals surface area contributed by atoms with Gasteiger partial charge in [-0.1, -0.05) is 409 Å². The van der Waals surface area contributed by atoms with Crippen molar-refractivity contribution in [3.05, 3.63) is 0 Å². The van der Waals surface area contributed by atoms with Gasteiger partial charge < -0.3 is 33.8 Å². The van der Waals surface area contributed by atoms with Crippen LogP contribution in [0.1, 0.15) is 460 Å². The maximum Gasteiger partial charge on any atom is 0.472 e. The van der Waals surface area contributed by atoms with Crippen LogP contribution in [-0.2, 0) is 65.4 Å². The van der Waals surface area contributed by atoms with E-state index in [0.717, 1.165) is 114 Å². The first-order valence-electron chi connectivity index (χ1n) is 45.2. The fourth-order valence-electron chi connectivity index (χ4n) is 13.6. The molecule has 0 aromatic rings. The molecular formula is C88H172O17P2. The summed E-state index contributed by atoms with van der Waals surface area (Å²) in [7, 11) is -9.93. The molecule has 0 saturated heterocycles. The summed E-state index contributed by atoms with van der Waals surface area (Å²) in [5.74, 6) is 1.07. The lowest BCUT2D eigenvalue weighted by Gasteiger charge is -2.21. The summed E-state index contributed by atoms with van der Waals surface area (Å²) in [6.07, 6.45) is 66.8. The molecule has 17 nitrogen and oxygen atoms in total. The molecule has 0 bridgehead atoms. The molecule has 3 N–H and O–H groups in total. The van der Waals surface area contributed by atoms with E-state index in [9.17, 15) is 43.2 Å². The van der Waals surface area contributed by atoms with Crippen LogP contribution >= 0.6 is 15.6 Å². The van der Waals surface area contributed by atoms with Crippen molar-refractivity contribution in [2.75, 3.05) is 39.6 Å². The van der Waals surface area contributed by atoms with Crippen molar-refractivity contribution >= 4 is 39.5 Å². The van der Waals surface area contributed by atoms with Crippen molar-refractivity contribution in [3.8, 4) is 0 Å². The van der Waals surface area contributed by atoms with Crippen molar-refractivity contribution in [2.45, 2.75) is 478 Å². The summed E-state index contributed by atoms with van der Waals surface area (Å²) in [5.41, 5.74) is 0. The second-order valence-electron chi connectivity index (χ2n) is 33.3. The maximum atomic E-state index is 13.2. The van der Waals surface area contributed by atoms with Gasteiger partial charge in [-0.15, -0.1) is 0 Å². The number of phosphoric acid groups is 2. The molecule has 0 fully saturated rings. The van der Waals surface area contributed by atoms with Gasteiger partial charge in [0, 0.05) is 25.7 Å². The van der Waals surface area contributed by atoms with E-state index in [1.165, 1.54) is 257 Å². The average molecular weight is 1560 g/mol. The molecule has 107 heavy (non-hydrogen) atoms. The predicted molar refractivity (Wildman–Crippen MR) is 441 cm³/mol. The summed E-state index contributed by atoms with van der Waals surface area (Å²) in [6, 6.07) is 0. The van der Waals surface area contributed by atoms with E-state index < -0.39 is 97.5 Å². The topological polar surface area (TPSA) is 237 Å². The van der Waals surface area contributed by atoms with Gasteiger partial charge in [0.2, 0.25) is 0 Å². The summed E-state index contributed by atoms with van der Waals surface area (Å²) in [5, 5.41) is 10.7. The van der Waals surface area contributed by atoms with Crippen LogP contribution in [0.15, 0.2) is 0 Å². The van der Waals surface area contributed by atoms with Crippen LogP contribution in [0.5, 0.6) is 0 Å². The van der Waals surface area contributed by atoms with Gasteiger partial charge in [0.15, 0.2) is 12.2 Å². The highest BCUT2D eigenvalue weighted by molar-refractivity contribution is 7.47. The van der Waals surface area contributed by atoms with Gasteiger partial charge in [0.25, 0.3) is 0 Å². The quantitative estimate of drug-likeness (QED) is 0.0222. The van der Waals surface area contributed by atoms with Crippen molar-refractivity contribution in [1.29, 1.82) is 0 Å². The van der Waals surface area contributed by atoms with E-state index in [1.54, 1.807) is 0 Å². The Labute approximate surface area is 658 Å². The number of rotatable bonds is 85. The smallest absolute Gasteiger partial charge is 0.462 e. The Kier molecular flexibility index (Phi) is 75.3. The minimum absolute atomic E-state index is 0.107. The normalized spacial score (nSPS) is 14.1. The zero-order valence-corrected chi connectivity index (χ0v) is 72.6. The fraction of sp³-hybridized carbons (Fsp3) is 0.955. The van der Waals surface area contributed by atoms with Crippen molar-refractivity contribution < 1.29 is 80.2 Å². The second kappa shape index (κ2) is 76.7. The van der Waals surface area contributed by atoms with Crippen molar-refractivity contribution in [2.24, 2.45) is 23.7 Å². The number of ether oxygens (including phenoxy) is 4. The van der Waals surface area contributed by atoms with E-state index in [-0.39, 0.29) is 25.7 Å². The summed E-state index contributed by atoms with van der Waals surface area (Å²) < 4.78 is 68.9. The summed E-state index contributed by atoms with van der Waals surface area (Å²) in [6.45, 7) is 14.4. The number of hydrogen-bond acceptors (Lipinski definition) is 15. The zero-order valence-electron chi connectivity index (χ0n) is 70.8. The largest absolute Gasteiger partial charge is 0.472 e. The Bertz CT molecular complexity index is 2080. The average Bonchev–Trinajstić information content (AvgIpc) is 0.899. The molecule has 0 spiro atoms. The number of aliphatic hydroxyl groups excluding tert-OH is 1. The Morgan fingerprint density at radius 1 is 0.262 bits per heavy atom. The van der Waals surface area contributed by atoms with Crippen molar-refractivity contribution in [1.82, 2.24) is 0 Å². The van der Waals surface area contributed by atoms with E-state index in [2.05, 4.69) is 55.4 Å². The highest BCUT2D eigenvalue weighted by atomic mass is 31.2. The molecule has 0 saturated carbocycles. The fourth-order valence-corrected chi connectivity index (χ4v) is 15.2. The predicted octanol–water partition coefficient (Wildman–Crippen LogP) is 26.7. The highest BCUT2D eigenvalue weighted by Gasteiger charge is 2.31. The Morgan fingerprint density at radius 2 is 0.449 bits per heavy atom. The molecule has 4 unspecified atom stereocenters. The maximum absolute atomic E-state index is 13.2. The molecule has 0 radical (unpaired) electrons. The zero-order chi connectivity index (χ0) is 78.8. The summed E-state index contributed by atoms with van der Waals surface area (Å²) in [4.78, 5) is 73.3. The molecule has 0 aliphatic rings. The van der Waals surface area contributed by atoms with Crippen molar-refractivity contribution in [3.63, 3.8) is 0 Å².